The summed E-state index contributed by atoms with van der Waals surface area (Å²) in [5.74, 6) is 0.889. The van der Waals surface area contributed by atoms with Gasteiger partial charge in [0.25, 0.3) is 0 Å². The van der Waals surface area contributed by atoms with Gasteiger partial charge in [-0.15, -0.1) is 0 Å². The zero-order chi connectivity index (χ0) is 13.8. The van der Waals surface area contributed by atoms with E-state index < -0.39 is 0 Å². The van der Waals surface area contributed by atoms with E-state index in [9.17, 15) is 0 Å². The lowest BCUT2D eigenvalue weighted by Crippen LogP contribution is -2.12. The normalized spacial score (nSPS) is 12.0. The molecule has 0 heterocycles. The van der Waals surface area contributed by atoms with Crippen LogP contribution in [0.5, 0.6) is 5.75 Å². The van der Waals surface area contributed by atoms with E-state index in [-0.39, 0.29) is 6.04 Å². The highest BCUT2D eigenvalue weighted by atomic mass is 16.5. The number of nitrogens with two attached hydrogens (primary N) is 1. The summed E-state index contributed by atoms with van der Waals surface area (Å²) < 4.78 is 5.27. The minimum atomic E-state index is -0.127. The average molecular weight is 256 g/mol. The maximum Gasteiger partial charge on any atom is 0.121 e. The molecule has 0 radical (unpaired) electrons. The molecule has 0 aliphatic heterocycles. The first-order chi connectivity index (χ1) is 9.15. The molecule has 3 nitrogen and oxygen atoms in total. The lowest BCUT2D eigenvalue weighted by atomic mass is 9.97. The number of hydrogen-bond donors (Lipinski definition) is 2. The smallest absolute Gasteiger partial charge is 0.121 e. The van der Waals surface area contributed by atoms with E-state index in [0.29, 0.717) is 0 Å². The molecular weight excluding hydrogens is 236 g/mol. The Morgan fingerprint density at radius 2 is 1.84 bits per heavy atom. The third-order valence-corrected chi connectivity index (χ3v) is 3.31. The molecule has 2 aromatic rings. The topological polar surface area (TPSA) is 47.3 Å². The van der Waals surface area contributed by atoms with Crippen LogP contribution in [0.1, 0.15) is 22.7 Å². The Morgan fingerprint density at radius 3 is 2.47 bits per heavy atom. The van der Waals surface area contributed by atoms with Gasteiger partial charge in [-0.05, 0) is 41.8 Å². The van der Waals surface area contributed by atoms with Gasteiger partial charge in [0, 0.05) is 12.7 Å². The van der Waals surface area contributed by atoms with Crippen molar-refractivity contribution >= 4 is 5.69 Å². The first-order valence-corrected chi connectivity index (χ1v) is 6.33. The second-order valence-corrected chi connectivity index (χ2v) is 4.58. The maximum atomic E-state index is 6.33. The summed E-state index contributed by atoms with van der Waals surface area (Å²) in [6.07, 6.45) is 0. The van der Waals surface area contributed by atoms with Crippen molar-refractivity contribution in [3.8, 4) is 5.75 Å². The fraction of sp³-hybridized carbons (Fsp3) is 0.250. The van der Waals surface area contributed by atoms with E-state index in [1.165, 1.54) is 0 Å². The molecular formula is C16H20N2O. The van der Waals surface area contributed by atoms with E-state index in [4.69, 9.17) is 10.5 Å². The molecule has 0 saturated carbocycles. The van der Waals surface area contributed by atoms with Crippen LogP contribution in [-0.2, 0) is 0 Å². The Labute approximate surface area is 114 Å². The molecule has 1 atom stereocenters. The highest BCUT2D eigenvalue weighted by Crippen LogP contribution is 2.26. The number of hydrogen-bond acceptors (Lipinski definition) is 3. The van der Waals surface area contributed by atoms with Crippen molar-refractivity contribution in [1.29, 1.82) is 0 Å². The summed E-state index contributed by atoms with van der Waals surface area (Å²) in [7, 11) is 3.58. The third kappa shape index (κ3) is 2.88. The van der Waals surface area contributed by atoms with Crippen LogP contribution in [0.4, 0.5) is 5.69 Å². The molecule has 3 heteroatoms. The van der Waals surface area contributed by atoms with Gasteiger partial charge < -0.3 is 15.8 Å². The zero-order valence-electron chi connectivity index (χ0n) is 11.6. The van der Waals surface area contributed by atoms with Gasteiger partial charge in [0.1, 0.15) is 5.75 Å². The minimum Gasteiger partial charge on any atom is -0.496 e. The fourth-order valence-electron chi connectivity index (χ4n) is 2.18. The molecule has 2 rings (SSSR count). The van der Waals surface area contributed by atoms with Crippen molar-refractivity contribution in [3.63, 3.8) is 0 Å². The Kier molecular flexibility index (Phi) is 4.07. The van der Waals surface area contributed by atoms with E-state index >= 15 is 0 Å². The van der Waals surface area contributed by atoms with Crippen LogP contribution in [0.3, 0.4) is 0 Å². The zero-order valence-corrected chi connectivity index (χ0v) is 11.6. The Morgan fingerprint density at radius 1 is 1.11 bits per heavy atom. The number of benzene rings is 2. The molecule has 3 N–H and O–H groups in total. The van der Waals surface area contributed by atoms with Crippen molar-refractivity contribution in [2.75, 3.05) is 19.5 Å². The maximum absolute atomic E-state index is 6.33. The third-order valence-electron chi connectivity index (χ3n) is 3.31. The van der Waals surface area contributed by atoms with Gasteiger partial charge in [0.15, 0.2) is 0 Å². The molecule has 1 unspecified atom stereocenters. The molecule has 0 spiro atoms. The van der Waals surface area contributed by atoms with Crippen molar-refractivity contribution in [2.45, 2.75) is 13.0 Å². The molecule has 2 aromatic carbocycles. The van der Waals surface area contributed by atoms with E-state index in [1.807, 2.05) is 44.3 Å². The van der Waals surface area contributed by atoms with Crippen LogP contribution in [0.25, 0.3) is 0 Å². The number of anilines is 1. The first-order valence-electron chi connectivity index (χ1n) is 6.33. The number of methoxy groups -OCH3 is 1. The van der Waals surface area contributed by atoms with Crippen LogP contribution in [0, 0.1) is 6.92 Å². The standard InChI is InChI=1S/C16H20N2O/c1-11-9-13(7-8-15(11)19-3)16(17)12-5-4-6-14(10-12)18-2/h4-10,16,18H,17H2,1-3H3. The van der Waals surface area contributed by atoms with Gasteiger partial charge in [0.05, 0.1) is 13.2 Å². The van der Waals surface area contributed by atoms with Crippen molar-refractivity contribution in [3.05, 3.63) is 59.2 Å². The van der Waals surface area contributed by atoms with Crippen molar-refractivity contribution in [1.82, 2.24) is 0 Å². The number of ether oxygens (including phenoxy) is 1. The lowest BCUT2D eigenvalue weighted by molar-refractivity contribution is 0.411. The van der Waals surface area contributed by atoms with Crippen LogP contribution in [-0.4, -0.2) is 14.2 Å². The van der Waals surface area contributed by atoms with Gasteiger partial charge in [-0.3, -0.25) is 0 Å². The average Bonchev–Trinajstić information content (AvgIpc) is 2.46. The number of rotatable bonds is 4. The van der Waals surface area contributed by atoms with Gasteiger partial charge in [-0.25, -0.2) is 0 Å². The summed E-state index contributed by atoms with van der Waals surface area (Å²) in [5, 5.41) is 3.13. The SMILES string of the molecule is CNc1cccc(C(N)c2ccc(OC)c(C)c2)c1. The van der Waals surface area contributed by atoms with Crippen LogP contribution in [0.15, 0.2) is 42.5 Å². The second-order valence-electron chi connectivity index (χ2n) is 4.58. The highest BCUT2D eigenvalue weighted by molar-refractivity contribution is 5.48. The molecule has 100 valence electrons. The van der Waals surface area contributed by atoms with E-state index in [0.717, 1.165) is 28.1 Å². The molecule has 0 bridgehead atoms. The predicted octanol–water partition coefficient (Wildman–Crippen LogP) is 3.09. The van der Waals surface area contributed by atoms with Gasteiger partial charge >= 0.3 is 0 Å². The second kappa shape index (κ2) is 5.76. The minimum absolute atomic E-state index is 0.127. The largest absolute Gasteiger partial charge is 0.496 e. The summed E-state index contributed by atoms with van der Waals surface area (Å²) in [6.45, 7) is 2.03. The predicted molar refractivity (Wildman–Crippen MR) is 79.8 cm³/mol. The fourth-order valence-corrected chi connectivity index (χ4v) is 2.18. The van der Waals surface area contributed by atoms with Crippen LogP contribution >= 0.6 is 0 Å². The molecule has 0 aromatic heterocycles. The summed E-state index contributed by atoms with van der Waals surface area (Å²) in [6, 6.07) is 14.1. The molecule has 0 aliphatic rings. The molecule has 19 heavy (non-hydrogen) atoms. The Bertz CT molecular complexity index is 566. The molecule has 0 amide bonds. The van der Waals surface area contributed by atoms with E-state index in [1.54, 1.807) is 7.11 Å². The van der Waals surface area contributed by atoms with Gasteiger partial charge in [-0.1, -0.05) is 24.3 Å². The van der Waals surface area contributed by atoms with Crippen LogP contribution < -0.4 is 15.8 Å². The number of nitrogens with one attached hydrogen (secondary N) is 1. The van der Waals surface area contributed by atoms with Gasteiger partial charge in [-0.2, -0.15) is 0 Å². The monoisotopic (exact) mass is 256 g/mol. The summed E-state index contributed by atoms with van der Waals surface area (Å²) in [4.78, 5) is 0. The first kappa shape index (κ1) is 13.4. The molecule has 0 fully saturated rings. The quantitative estimate of drug-likeness (QED) is 0.883. The lowest BCUT2D eigenvalue weighted by Gasteiger charge is -2.15. The van der Waals surface area contributed by atoms with Crippen LogP contribution in [0.2, 0.25) is 0 Å². The number of aryl methyl sites for hydroxylation is 1. The van der Waals surface area contributed by atoms with Crippen molar-refractivity contribution < 1.29 is 4.74 Å². The Balaban J connectivity index is 2.32. The summed E-state index contributed by atoms with van der Waals surface area (Å²) >= 11 is 0. The van der Waals surface area contributed by atoms with Gasteiger partial charge in [0.2, 0.25) is 0 Å². The Hall–Kier alpha value is -2.00. The molecule has 0 saturated heterocycles. The summed E-state index contributed by atoms with van der Waals surface area (Å²) in [5.41, 5.74) is 10.7. The highest BCUT2D eigenvalue weighted by Gasteiger charge is 2.10. The van der Waals surface area contributed by atoms with Crippen molar-refractivity contribution in [2.24, 2.45) is 5.73 Å². The van der Waals surface area contributed by atoms with E-state index in [2.05, 4.69) is 17.4 Å². The molecule has 0 aliphatic carbocycles.